The average Bonchev–Trinajstić information content (AvgIpc) is 2.64. The second-order valence-electron chi connectivity index (χ2n) is 3.57. The zero-order valence-electron chi connectivity index (χ0n) is 8.48. The predicted octanol–water partition coefficient (Wildman–Crippen LogP) is 3.28. The molecule has 2 rings (SSSR count). The highest BCUT2D eigenvalue weighted by molar-refractivity contribution is 9.10. The van der Waals surface area contributed by atoms with Crippen molar-refractivity contribution in [2.45, 2.75) is 23.5 Å². The van der Waals surface area contributed by atoms with Crippen molar-refractivity contribution in [2.24, 2.45) is 5.73 Å². The van der Waals surface area contributed by atoms with E-state index >= 15 is 0 Å². The zero-order chi connectivity index (χ0) is 10.8. The molecule has 0 spiro atoms. The van der Waals surface area contributed by atoms with E-state index in [1.807, 2.05) is 29.6 Å². The van der Waals surface area contributed by atoms with Crippen molar-refractivity contribution in [3.05, 3.63) is 22.6 Å². The molecule has 5 heteroatoms. The SMILES string of the molecule is CC1SCCSC1C(N)c1occc1Br. The van der Waals surface area contributed by atoms with Gasteiger partial charge in [-0.3, -0.25) is 0 Å². The van der Waals surface area contributed by atoms with Crippen molar-refractivity contribution in [3.8, 4) is 0 Å². The molecule has 0 bridgehead atoms. The van der Waals surface area contributed by atoms with E-state index in [9.17, 15) is 0 Å². The van der Waals surface area contributed by atoms with Crippen molar-refractivity contribution in [1.29, 1.82) is 0 Å². The van der Waals surface area contributed by atoms with E-state index in [1.54, 1.807) is 6.26 Å². The molecular weight excluding hydrogens is 294 g/mol. The fourth-order valence-electron chi connectivity index (χ4n) is 1.74. The maximum atomic E-state index is 6.25. The molecule has 3 unspecified atom stereocenters. The molecule has 1 aliphatic rings. The van der Waals surface area contributed by atoms with Gasteiger partial charge in [-0.1, -0.05) is 6.92 Å². The molecule has 2 N–H and O–H groups in total. The van der Waals surface area contributed by atoms with Crippen LogP contribution in [0.1, 0.15) is 18.7 Å². The van der Waals surface area contributed by atoms with Gasteiger partial charge in [-0.05, 0) is 22.0 Å². The molecule has 1 fully saturated rings. The van der Waals surface area contributed by atoms with Gasteiger partial charge in [-0.15, -0.1) is 0 Å². The Labute approximate surface area is 107 Å². The van der Waals surface area contributed by atoms with Gasteiger partial charge in [0.2, 0.25) is 0 Å². The number of halogens is 1. The summed E-state index contributed by atoms with van der Waals surface area (Å²) >= 11 is 7.42. The summed E-state index contributed by atoms with van der Waals surface area (Å²) in [5.74, 6) is 3.29. The Morgan fingerprint density at radius 2 is 2.27 bits per heavy atom. The monoisotopic (exact) mass is 307 g/mol. The van der Waals surface area contributed by atoms with Crippen molar-refractivity contribution in [1.82, 2.24) is 0 Å². The largest absolute Gasteiger partial charge is 0.466 e. The number of hydrogen-bond donors (Lipinski definition) is 1. The summed E-state index contributed by atoms with van der Waals surface area (Å²) < 4.78 is 6.42. The molecule has 0 amide bonds. The highest BCUT2D eigenvalue weighted by atomic mass is 79.9. The van der Waals surface area contributed by atoms with Crippen LogP contribution in [0.25, 0.3) is 0 Å². The quantitative estimate of drug-likeness (QED) is 0.910. The number of furan rings is 1. The lowest BCUT2D eigenvalue weighted by Gasteiger charge is -2.31. The lowest BCUT2D eigenvalue weighted by atomic mass is 10.1. The molecule has 0 radical (unpaired) electrons. The average molecular weight is 308 g/mol. The zero-order valence-corrected chi connectivity index (χ0v) is 11.7. The summed E-state index contributed by atoms with van der Waals surface area (Å²) in [4.78, 5) is 0. The first-order chi connectivity index (χ1) is 7.20. The second-order valence-corrected chi connectivity index (χ2v) is 7.20. The second kappa shape index (κ2) is 5.17. The number of thioether (sulfide) groups is 2. The van der Waals surface area contributed by atoms with Crippen LogP contribution >= 0.6 is 39.5 Å². The molecule has 2 nitrogen and oxygen atoms in total. The van der Waals surface area contributed by atoms with E-state index in [1.165, 1.54) is 11.5 Å². The predicted molar refractivity (Wildman–Crippen MR) is 71.5 cm³/mol. The Balaban J connectivity index is 2.13. The molecule has 2 heterocycles. The van der Waals surface area contributed by atoms with Gasteiger partial charge in [0, 0.05) is 22.0 Å². The van der Waals surface area contributed by atoms with Crippen LogP contribution in [0.15, 0.2) is 21.2 Å². The van der Waals surface area contributed by atoms with Gasteiger partial charge in [-0.2, -0.15) is 23.5 Å². The van der Waals surface area contributed by atoms with Gasteiger partial charge in [0.05, 0.1) is 16.8 Å². The lowest BCUT2D eigenvalue weighted by Crippen LogP contribution is -2.34. The lowest BCUT2D eigenvalue weighted by molar-refractivity contribution is 0.454. The third-order valence-electron chi connectivity index (χ3n) is 2.54. The fourth-order valence-corrected chi connectivity index (χ4v) is 5.05. The fraction of sp³-hybridized carbons (Fsp3) is 0.600. The van der Waals surface area contributed by atoms with Crippen LogP contribution < -0.4 is 5.73 Å². The summed E-state index contributed by atoms with van der Waals surface area (Å²) in [6, 6.07) is 1.89. The van der Waals surface area contributed by atoms with Crippen LogP contribution in [-0.4, -0.2) is 22.0 Å². The number of hydrogen-bond acceptors (Lipinski definition) is 4. The topological polar surface area (TPSA) is 39.2 Å². The molecule has 0 aliphatic carbocycles. The maximum Gasteiger partial charge on any atom is 0.135 e. The van der Waals surface area contributed by atoms with Crippen molar-refractivity contribution in [2.75, 3.05) is 11.5 Å². The van der Waals surface area contributed by atoms with Crippen molar-refractivity contribution >= 4 is 39.5 Å². The Kier molecular flexibility index (Phi) is 4.10. The van der Waals surface area contributed by atoms with Crippen LogP contribution in [0.5, 0.6) is 0 Å². The first-order valence-electron chi connectivity index (χ1n) is 4.92. The normalized spacial score (nSPS) is 29.0. The molecule has 15 heavy (non-hydrogen) atoms. The standard InChI is InChI=1S/C10H14BrNOS2/c1-6-10(15-5-4-14-6)8(12)9-7(11)2-3-13-9/h2-3,6,8,10H,4-5,12H2,1H3. The summed E-state index contributed by atoms with van der Waals surface area (Å²) in [6.07, 6.45) is 1.69. The van der Waals surface area contributed by atoms with E-state index in [2.05, 4.69) is 22.9 Å². The third kappa shape index (κ3) is 2.57. The Hall–Kier alpha value is 0.420. The highest BCUT2D eigenvalue weighted by Crippen LogP contribution is 2.39. The van der Waals surface area contributed by atoms with Crippen LogP contribution in [0, 0.1) is 0 Å². The van der Waals surface area contributed by atoms with E-state index in [0.717, 1.165) is 10.2 Å². The molecule has 0 saturated carbocycles. The third-order valence-corrected chi connectivity index (χ3v) is 6.41. The summed E-state index contributed by atoms with van der Waals surface area (Å²) in [7, 11) is 0. The minimum Gasteiger partial charge on any atom is -0.466 e. The summed E-state index contributed by atoms with van der Waals surface area (Å²) in [6.45, 7) is 2.25. The van der Waals surface area contributed by atoms with E-state index < -0.39 is 0 Å². The molecule has 1 aromatic heterocycles. The minimum atomic E-state index is -0.0119. The van der Waals surface area contributed by atoms with Gasteiger partial charge in [0.15, 0.2) is 0 Å². The minimum absolute atomic E-state index is 0.0119. The van der Waals surface area contributed by atoms with Gasteiger partial charge in [0.25, 0.3) is 0 Å². The molecule has 84 valence electrons. The Morgan fingerprint density at radius 1 is 1.53 bits per heavy atom. The van der Waals surface area contributed by atoms with E-state index in [-0.39, 0.29) is 6.04 Å². The summed E-state index contributed by atoms with van der Waals surface area (Å²) in [5.41, 5.74) is 6.25. The Morgan fingerprint density at radius 3 is 2.87 bits per heavy atom. The molecule has 3 atom stereocenters. The Bertz CT molecular complexity index is 331. The van der Waals surface area contributed by atoms with Gasteiger partial charge in [0.1, 0.15) is 5.76 Å². The number of rotatable bonds is 2. The van der Waals surface area contributed by atoms with Crippen molar-refractivity contribution in [3.63, 3.8) is 0 Å². The van der Waals surface area contributed by atoms with Crippen LogP contribution in [0.4, 0.5) is 0 Å². The molecular formula is C10H14BrNOS2. The van der Waals surface area contributed by atoms with Crippen LogP contribution in [0.3, 0.4) is 0 Å². The van der Waals surface area contributed by atoms with Crippen LogP contribution in [0.2, 0.25) is 0 Å². The van der Waals surface area contributed by atoms with Crippen molar-refractivity contribution < 1.29 is 4.42 Å². The van der Waals surface area contributed by atoms with Crippen LogP contribution in [-0.2, 0) is 0 Å². The molecule has 0 aromatic carbocycles. The van der Waals surface area contributed by atoms with E-state index in [0.29, 0.717) is 10.5 Å². The molecule has 1 aromatic rings. The van der Waals surface area contributed by atoms with Gasteiger partial charge in [-0.25, -0.2) is 0 Å². The smallest absolute Gasteiger partial charge is 0.135 e. The van der Waals surface area contributed by atoms with E-state index in [4.69, 9.17) is 10.2 Å². The summed E-state index contributed by atoms with van der Waals surface area (Å²) in [5, 5.41) is 1.04. The number of nitrogens with two attached hydrogens (primary N) is 1. The molecule has 1 aliphatic heterocycles. The van der Waals surface area contributed by atoms with Gasteiger partial charge < -0.3 is 10.2 Å². The molecule has 1 saturated heterocycles. The maximum absolute atomic E-state index is 6.25. The first-order valence-corrected chi connectivity index (χ1v) is 7.81. The highest BCUT2D eigenvalue weighted by Gasteiger charge is 2.31. The van der Waals surface area contributed by atoms with Gasteiger partial charge >= 0.3 is 0 Å². The first kappa shape index (κ1) is 11.9.